The Morgan fingerprint density at radius 2 is 2.00 bits per heavy atom. The average molecular weight is 375 g/mol. The van der Waals surface area contributed by atoms with Gasteiger partial charge >= 0.3 is 0 Å². The molecule has 128 valence electrons. The lowest BCUT2D eigenvalue weighted by molar-refractivity contribution is 0.0994. The van der Waals surface area contributed by atoms with E-state index in [4.69, 9.17) is 16.3 Å². The normalized spacial score (nSPS) is 12.0. The van der Waals surface area contributed by atoms with Crippen molar-refractivity contribution in [3.63, 3.8) is 0 Å². The van der Waals surface area contributed by atoms with E-state index in [1.54, 1.807) is 48.2 Å². The quantitative estimate of drug-likeness (QED) is 0.484. The number of hydrogen-bond donors (Lipinski definition) is 0. The van der Waals surface area contributed by atoms with Crippen LogP contribution in [0.4, 0.5) is 0 Å². The third-order valence-electron chi connectivity index (χ3n) is 3.52. The first-order chi connectivity index (χ1) is 12.1. The molecule has 0 radical (unpaired) electrons. The summed E-state index contributed by atoms with van der Waals surface area (Å²) in [7, 11) is 1.59. The number of tetrazole rings is 1. The van der Waals surface area contributed by atoms with Crippen LogP contribution in [-0.4, -0.2) is 38.4 Å². The Balaban J connectivity index is 1.78. The molecule has 0 amide bonds. The summed E-state index contributed by atoms with van der Waals surface area (Å²) >= 11 is 7.32. The van der Waals surface area contributed by atoms with Crippen molar-refractivity contribution in [1.82, 2.24) is 20.2 Å². The van der Waals surface area contributed by atoms with Gasteiger partial charge in [0.2, 0.25) is 5.16 Å². The summed E-state index contributed by atoms with van der Waals surface area (Å²) in [4.78, 5) is 12.6. The zero-order chi connectivity index (χ0) is 17.8. The molecule has 0 N–H and O–H groups in total. The van der Waals surface area contributed by atoms with E-state index in [1.165, 1.54) is 11.8 Å². The molecular weight excluding hydrogens is 360 g/mol. The van der Waals surface area contributed by atoms with Crippen LogP contribution in [0.15, 0.2) is 53.7 Å². The summed E-state index contributed by atoms with van der Waals surface area (Å²) in [5, 5.41) is 12.5. The Kier molecular flexibility index (Phi) is 5.35. The molecule has 25 heavy (non-hydrogen) atoms. The number of aromatic nitrogens is 4. The van der Waals surface area contributed by atoms with Gasteiger partial charge in [0.1, 0.15) is 5.75 Å². The highest BCUT2D eigenvalue weighted by atomic mass is 35.5. The minimum atomic E-state index is -0.350. The maximum atomic E-state index is 12.6. The van der Waals surface area contributed by atoms with Crippen LogP contribution in [-0.2, 0) is 0 Å². The number of benzene rings is 2. The minimum absolute atomic E-state index is 0.00621. The van der Waals surface area contributed by atoms with Gasteiger partial charge in [-0.1, -0.05) is 29.4 Å². The number of Topliss-reactive ketones (excluding diaryl/α,β-unsaturated/α-hetero) is 1. The first-order valence-electron chi connectivity index (χ1n) is 7.47. The Morgan fingerprint density at radius 1 is 1.24 bits per heavy atom. The number of ketones is 1. The molecule has 0 saturated carbocycles. The Morgan fingerprint density at radius 3 is 2.68 bits per heavy atom. The number of rotatable bonds is 6. The zero-order valence-electron chi connectivity index (χ0n) is 13.6. The fourth-order valence-corrected chi connectivity index (χ4v) is 3.29. The standard InChI is InChI=1S/C17H15ClN4O2S/c1-11(16(23)12-6-8-15(24-2)9-7-12)25-17-19-20-21-22(17)14-5-3-4-13(18)10-14/h3-11H,1-2H3. The predicted octanol–water partition coefficient (Wildman–Crippen LogP) is 3.69. The molecule has 1 atom stereocenters. The lowest BCUT2D eigenvalue weighted by atomic mass is 10.1. The van der Waals surface area contributed by atoms with Crippen LogP contribution < -0.4 is 4.74 Å². The fraction of sp³-hybridized carbons (Fsp3) is 0.176. The van der Waals surface area contributed by atoms with Gasteiger partial charge in [-0.05, 0) is 59.8 Å². The number of methoxy groups -OCH3 is 1. The monoisotopic (exact) mass is 374 g/mol. The number of thioether (sulfide) groups is 1. The van der Waals surface area contributed by atoms with E-state index in [0.29, 0.717) is 21.5 Å². The average Bonchev–Trinajstić information content (AvgIpc) is 3.09. The number of ether oxygens (including phenoxy) is 1. The second-order valence-electron chi connectivity index (χ2n) is 5.21. The molecule has 1 aromatic heterocycles. The highest BCUT2D eigenvalue weighted by molar-refractivity contribution is 8.00. The highest BCUT2D eigenvalue weighted by Crippen LogP contribution is 2.26. The fourth-order valence-electron chi connectivity index (χ4n) is 2.22. The number of halogens is 1. The number of nitrogens with zero attached hydrogens (tertiary/aromatic N) is 4. The summed E-state index contributed by atoms with van der Waals surface area (Å²) in [6, 6.07) is 14.2. The third-order valence-corrected chi connectivity index (χ3v) is 4.79. The highest BCUT2D eigenvalue weighted by Gasteiger charge is 2.20. The predicted molar refractivity (Wildman–Crippen MR) is 96.8 cm³/mol. The van der Waals surface area contributed by atoms with E-state index in [0.717, 1.165) is 5.69 Å². The van der Waals surface area contributed by atoms with Gasteiger partial charge in [-0.25, -0.2) is 0 Å². The molecule has 6 nitrogen and oxygen atoms in total. The molecule has 1 heterocycles. The lowest BCUT2D eigenvalue weighted by Gasteiger charge is -2.10. The van der Waals surface area contributed by atoms with E-state index in [1.807, 2.05) is 19.1 Å². The van der Waals surface area contributed by atoms with Crippen molar-refractivity contribution in [2.75, 3.05) is 7.11 Å². The third kappa shape index (κ3) is 4.00. The molecule has 0 fully saturated rings. The van der Waals surface area contributed by atoms with Gasteiger partial charge in [-0.3, -0.25) is 4.79 Å². The van der Waals surface area contributed by atoms with Gasteiger partial charge in [0.15, 0.2) is 5.78 Å². The first-order valence-corrected chi connectivity index (χ1v) is 8.73. The van der Waals surface area contributed by atoms with Crippen molar-refractivity contribution in [2.45, 2.75) is 17.3 Å². The minimum Gasteiger partial charge on any atom is -0.497 e. The molecule has 0 spiro atoms. The van der Waals surface area contributed by atoms with E-state index >= 15 is 0 Å². The van der Waals surface area contributed by atoms with E-state index in [2.05, 4.69) is 15.5 Å². The largest absolute Gasteiger partial charge is 0.497 e. The Hall–Kier alpha value is -2.38. The number of carbonyl (C=O) groups excluding carboxylic acids is 1. The van der Waals surface area contributed by atoms with Crippen LogP contribution in [0.25, 0.3) is 5.69 Å². The van der Waals surface area contributed by atoms with Crippen molar-refractivity contribution in [2.24, 2.45) is 0 Å². The molecular formula is C17H15ClN4O2S. The smallest absolute Gasteiger partial charge is 0.214 e. The SMILES string of the molecule is COc1ccc(C(=O)C(C)Sc2nnnn2-c2cccc(Cl)c2)cc1. The van der Waals surface area contributed by atoms with Gasteiger partial charge in [0, 0.05) is 10.6 Å². The van der Waals surface area contributed by atoms with Crippen molar-refractivity contribution in [1.29, 1.82) is 0 Å². The molecule has 0 aliphatic rings. The summed E-state index contributed by atoms with van der Waals surface area (Å²) in [5.74, 6) is 0.704. The van der Waals surface area contributed by atoms with Crippen molar-refractivity contribution >= 4 is 29.1 Å². The maximum absolute atomic E-state index is 12.6. The maximum Gasteiger partial charge on any atom is 0.214 e. The summed E-state index contributed by atoms with van der Waals surface area (Å²) < 4.78 is 6.68. The van der Waals surface area contributed by atoms with Crippen molar-refractivity contribution in [3.8, 4) is 11.4 Å². The molecule has 3 aromatic rings. The van der Waals surface area contributed by atoms with E-state index < -0.39 is 0 Å². The second-order valence-corrected chi connectivity index (χ2v) is 6.95. The van der Waals surface area contributed by atoms with E-state index in [9.17, 15) is 4.79 Å². The molecule has 3 rings (SSSR count). The molecule has 0 saturated heterocycles. The molecule has 0 aliphatic heterocycles. The van der Waals surface area contributed by atoms with Gasteiger partial charge < -0.3 is 4.74 Å². The van der Waals surface area contributed by atoms with Gasteiger partial charge in [0.25, 0.3) is 0 Å². The number of hydrogen-bond acceptors (Lipinski definition) is 6. The topological polar surface area (TPSA) is 69.9 Å². The lowest BCUT2D eigenvalue weighted by Crippen LogP contribution is -2.14. The van der Waals surface area contributed by atoms with Crippen LogP contribution in [0.2, 0.25) is 5.02 Å². The second kappa shape index (κ2) is 7.67. The van der Waals surface area contributed by atoms with Crippen LogP contribution in [0, 0.1) is 0 Å². The van der Waals surface area contributed by atoms with Crippen molar-refractivity contribution < 1.29 is 9.53 Å². The van der Waals surface area contributed by atoms with Gasteiger partial charge in [0.05, 0.1) is 18.0 Å². The molecule has 0 bridgehead atoms. The summed E-state index contributed by atoms with van der Waals surface area (Å²) in [6.07, 6.45) is 0. The Bertz CT molecular complexity index is 882. The molecule has 0 aliphatic carbocycles. The molecule has 8 heteroatoms. The molecule has 2 aromatic carbocycles. The molecule has 1 unspecified atom stereocenters. The number of carbonyl (C=O) groups is 1. The van der Waals surface area contributed by atoms with Crippen LogP contribution >= 0.6 is 23.4 Å². The first kappa shape index (κ1) is 17.4. The van der Waals surface area contributed by atoms with Gasteiger partial charge in [-0.2, -0.15) is 4.68 Å². The van der Waals surface area contributed by atoms with Crippen LogP contribution in [0.1, 0.15) is 17.3 Å². The van der Waals surface area contributed by atoms with E-state index in [-0.39, 0.29) is 11.0 Å². The van der Waals surface area contributed by atoms with Gasteiger partial charge in [-0.15, -0.1) is 5.10 Å². The summed E-state index contributed by atoms with van der Waals surface area (Å²) in [6.45, 7) is 1.83. The van der Waals surface area contributed by atoms with Crippen LogP contribution in [0.5, 0.6) is 5.75 Å². The van der Waals surface area contributed by atoms with Crippen molar-refractivity contribution in [3.05, 3.63) is 59.1 Å². The zero-order valence-corrected chi connectivity index (χ0v) is 15.2. The summed E-state index contributed by atoms with van der Waals surface area (Å²) in [5.41, 5.74) is 1.35. The Labute approximate surface area is 154 Å². The van der Waals surface area contributed by atoms with Crippen LogP contribution in [0.3, 0.4) is 0 Å².